The van der Waals surface area contributed by atoms with Gasteiger partial charge in [0.2, 0.25) is 0 Å². The molecule has 2 aromatic carbocycles. The molecule has 0 bridgehead atoms. The second kappa shape index (κ2) is 9.73. The van der Waals surface area contributed by atoms with Gasteiger partial charge in [-0.3, -0.25) is 4.90 Å². The van der Waals surface area contributed by atoms with E-state index in [0.717, 1.165) is 35.8 Å². The summed E-state index contributed by atoms with van der Waals surface area (Å²) in [4.78, 5) is 3.59. The van der Waals surface area contributed by atoms with Crippen LogP contribution >= 0.6 is 11.3 Å². The lowest BCUT2D eigenvalue weighted by molar-refractivity contribution is 0.0556. The predicted molar refractivity (Wildman–Crippen MR) is 124 cm³/mol. The Kier molecular flexibility index (Phi) is 6.80. The van der Waals surface area contributed by atoms with Crippen molar-refractivity contribution in [3.05, 3.63) is 75.5 Å². The van der Waals surface area contributed by atoms with Crippen molar-refractivity contribution in [2.45, 2.75) is 25.5 Å². The van der Waals surface area contributed by atoms with Crippen molar-refractivity contribution in [3.8, 4) is 17.2 Å². The van der Waals surface area contributed by atoms with E-state index in [0.29, 0.717) is 6.54 Å². The van der Waals surface area contributed by atoms with Gasteiger partial charge in [-0.25, -0.2) is 0 Å². The number of hydrogen-bond donors (Lipinski definition) is 1. The molecular formula is C25H29NO4S. The molecule has 2 unspecified atom stereocenters. The average molecular weight is 440 g/mol. The summed E-state index contributed by atoms with van der Waals surface area (Å²) in [6.45, 7) is 3.66. The van der Waals surface area contributed by atoms with E-state index >= 15 is 0 Å². The molecule has 31 heavy (non-hydrogen) atoms. The minimum atomic E-state index is -0.594. The van der Waals surface area contributed by atoms with Crippen molar-refractivity contribution < 1.29 is 19.3 Å². The first kappa shape index (κ1) is 21.7. The molecule has 1 aromatic heterocycles. The van der Waals surface area contributed by atoms with E-state index in [4.69, 9.17) is 14.2 Å². The number of fused-ring (bicyclic) bond motifs is 1. The number of aliphatic hydroxyl groups is 1. The van der Waals surface area contributed by atoms with Crippen molar-refractivity contribution in [1.82, 2.24) is 4.90 Å². The van der Waals surface area contributed by atoms with E-state index in [1.165, 1.54) is 16.0 Å². The molecule has 1 N–H and O–H groups in total. The number of para-hydroxylation sites is 1. The smallest absolute Gasteiger partial charge is 0.161 e. The Morgan fingerprint density at radius 3 is 2.55 bits per heavy atom. The fourth-order valence-electron chi connectivity index (χ4n) is 4.20. The van der Waals surface area contributed by atoms with Crippen LogP contribution < -0.4 is 14.2 Å². The van der Waals surface area contributed by atoms with Crippen LogP contribution in [0.15, 0.2) is 53.9 Å². The van der Waals surface area contributed by atoms with Crippen molar-refractivity contribution in [3.63, 3.8) is 0 Å². The number of ether oxygens (including phenoxy) is 3. The van der Waals surface area contributed by atoms with Crippen LogP contribution in [0.3, 0.4) is 0 Å². The zero-order valence-electron chi connectivity index (χ0n) is 18.2. The van der Waals surface area contributed by atoms with Gasteiger partial charge in [0.25, 0.3) is 0 Å². The van der Waals surface area contributed by atoms with E-state index in [2.05, 4.69) is 34.5 Å². The number of methoxy groups -OCH3 is 2. The topological polar surface area (TPSA) is 51.2 Å². The third-order valence-corrected chi connectivity index (χ3v) is 6.68. The number of nitrogens with zero attached hydrogens (tertiary/aromatic N) is 1. The minimum absolute atomic E-state index is 0.0664. The molecule has 0 saturated heterocycles. The Hall–Kier alpha value is -2.54. The SMILES string of the molecule is COc1cc2c(cc1OC)C(c1cccs1)N(CC(O)COc1ccccc1C)CC2. The Labute approximate surface area is 187 Å². The molecule has 0 amide bonds. The van der Waals surface area contributed by atoms with Crippen LogP contribution in [0, 0.1) is 6.92 Å². The molecule has 3 aromatic rings. The van der Waals surface area contributed by atoms with Crippen molar-refractivity contribution in [2.24, 2.45) is 0 Å². The predicted octanol–water partition coefficient (Wildman–Crippen LogP) is 4.46. The summed E-state index contributed by atoms with van der Waals surface area (Å²) in [6, 6.07) is 16.4. The molecule has 1 aliphatic rings. The van der Waals surface area contributed by atoms with Gasteiger partial charge in [0.1, 0.15) is 18.5 Å². The molecule has 1 aliphatic heterocycles. The van der Waals surface area contributed by atoms with E-state index < -0.39 is 6.10 Å². The molecule has 2 atom stereocenters. The normalized spacial score (nSPS) is 17.1. The second-order valence-electron chi connectivity index (χ2n) is 7.80. The number of hydrogen-bond acceptors (Lipinski definition) is 6. The molecule has 0 spiro atoms. The van der Waals surface area contributed by atoms with Gasteiger partial charge in [0.15, 0.2) is 11.5 Å². The highest BCUT2D eigenvalue weighted by Crippen LogP contribution is 2.42. The highest BCUT2D eigenvalue weighted by atomic mass is 32.1. The molecule has 0 fully saturated rings. The summed E-state index contributed by atoms with van der Waals surface area (Å²) >= 11 is 1.73. The van der Waals surface area contributed by atoms with Crippen molar-refractivity contribution in [2.75, 3.05) is 33.9 Å². The van der Waals surface area contributed by atoms with E-state index in [-0.39, 0.29) is 12.6 Å². The summed E-state index contributed by atoms with van der Waals surface area (Å²) in [5, 5.41) is 12.9. The third kappa shape index (κ3) is 4.71. The molecular weight excluding hydrogens is 410 g/mol. The number of benzene rings is 2. The largest absolute Gasteiger partial charge is 0.493 e. The molecule has 0 radical (unpaired) electrons. The zero-order chi connectivity index (χ0) is 21.8. The molecule has 164 valence electrons. The van der Waals surface area contributed by atoms with Gasteiger partial charge in [-0.2, -0.15) is 0 Å². The zero-order valence-corrected chi connectivity index (χ0v) is 19.0. The van der Waals surface area contributed by atoms with Gasteiger partial charge in [-0.1, -0.05) is 24.3 Å². The Morgan fingerprint density at radius 2 is 1.84 bits per heavy atom. The average Bonchev–Trinajstić information content (AvgIpc) is 3.31. The number of aliphatic hydroxyl groups excluding tert-OH is 1. The molecule has 0 saturated carbocycles. The quantitative estimate of drug-likeness (QED) is 0.562. The van der Waals surface area contributed by atoms with Crippen molar-refractivity contribution in [1.29, 1.82) is 0 Å². The summed E-state index contributed by atoms with van der Waals surface area (Å²) in [6.07, 6.45) is 0.298. The molecule has 6 heteroatoms. The van der Waals surface area contributed by atoms with Crippen LogP contribution in [0.5, 0.6) is 17.2 Å². The van der Waals surface area contributed by atoms with Crippen LogP contribution in [0.2, 0.25) is 0 Å². The Bertz CT molecular complexity index is 1000. The summed E-state index contributed by atoms with van der Waals surface area (Å²) in [5.74, 6) is 2.30. The monoisotopic (exact) mass is 439 g/mol. The van der Waals surface area contributed by atoms with Crippen LogP contribution in [-0.4, -0.2) is 50.0 Å². The van der Waals surface area contributed by atoms with Gasteiger partial charge < -0.3 is 19.3 Å². The first-order valence-corrected chi connectivity index (χ1v) is 11.4. The molecule has 5 nitrogen and oxygen atoms in total. The summed E-state index contributed by atoms with van der Waals surface area (Å²) < 4.78 is 17.0. The molecule has 2 heterocycles. The fourth-order valence-corrected chi connectivity index (χ4v) is 5.08. The number of rotatable bonds is 8. The van der Waals surface area contributed by atoms with E-state index in [9.17, 15) is 5.11 Å². The maximum Gasteiger partial charge on any atom is 0.161 e. The van der Waals surface area contributed by atoms with Crippen LogP contribution in [0.1, 0.15) is 27.6 Å². The maximum atomic E-state index is 10.8. The Morgan fingerprint density at radius 1 is 1.06 bits per heavy atom. The van der Waals surface area contributed by atoms with Gasteiger partial charge in [0, 0.05) is 18.0 Å². The summed E-state index contributed by atoms with van der Waals surface area (Å²) in [5.41, 5.74) is 3.54. The van der Waals surface area contributed by atoms with Crippen molar-refractivity contribution >= 4 is 11.3 Å². The van der Waals surface area contributed by atoms with Gasteiger partial charge >= 0.3 is 0 Å². The maximum absolute atomic E-state index is 10.8. The lowest BCUT2D eigenvalue weighted by atomic mass is 9.90. The number of β-amino-alcohol motifs (C(OH)–C–C–N with tert-alkyl or cyclic N) is 1. The van der Waals surface area contributed by atoms with Crippen LogP contribution in [-0.2, 0) is 6.42 Å². The van der Waals surface area contributed by atoms with Gasteiger partial charge in [0.05, 0.1) is 20.3 Å². The molecule has 4 rings (SSSR count). The molecule has 0 aliphatic carbocycles. The summed E-state index contributed by atoms with van der Waals surface area (Å²) in [7, 11) is 3.33. The lowest BCUT2D eigenvalue weighted by Gasteiger charge is -2.38. The first-order valence-electron chi connectivity index (χ1n) is 10.5. The second-order valence-corrected chi connectivity index (χ2v) is 8.78. The minimum Gasteiger partial charge on any atom is -0.493 e. The van der Waals surface area contributed by atoms with Gasteiger partial charge in [-0.05, 0) is 59.7 Å². The standard InChI is InChI=1S/C25H29NO4S/c1-17-7-4-5-8-21(17)30-16-19(27)15-26-11-10-18-13-22(28-2)23(29-3)14-20(18)25(26)24-9-6-12-31-24/h4-9,12-14,19,25,27H,10-11,15-16H2,1-3H3. The van der Waals surface area contributed by atoms with Gasteiger partial charge in [-0.15, -0.1) is 11.3 Å². The highest BCUT2D eigenvalue weighted by molar-refractivity contribution is 7.10. The van der Waals surface area contributed by atoms with E-state index in [1.807, 2.05) is 31.2 Å². The first-order chi connectivity index (χ1) is 15.1. The van der Waals surface area contributed by atoms with E-state index in [1.54, 1.807) is 25.6 Å². The third-order valence-electron chi connectivity index (χ3n) is 5.76. The van der Waals surface area contributed by atoms with Crippen LogP contribution in [0.4, 0.5) is 0 Å². The Balaban J connectivity index is 1.56. The fraction of sp³-hybridized carbons (Fsp3) is 0.360. The van der Waals surface area contributed by atoms with Crippen LogP contribution in [0.25, 0.3) is 0 Å². The lowest BCUT2D eigenvalue weighted by Crippen LogP contribution is -2.42. The highest BCUT2D eigenvalue weighted by Gasteiger charge is 2.32. The number of aryl methyl sites for hydroxylation is 1. The number of thiophene rings is 1.